The van der Waals surface area contributed by atoms with E-state index in [-0.39, 0.29) is 28.7 Å². The van der Waals surface area contributed by atoms with Gasteiger partial charge in [0, 0.05) is 11.5 Å². The first kappa shape index (κ1) is 11.6. The summed E-state index contributed by atoms with van der Waals surface area (Å²) in [6, 6.07) is 1.87. The molecule has 0 aromatic heterocycles. The fourth-order valence-corrected chi connectivity index (χ4v) is 2.78. The van der Waals surface area contributed by atoms with Gasteiger partial charge in [-0.1, -0.05) is 6.92 Å². The Bertz CT molecular complexity index is 496. The van der Waals surface area contributed by atoms with Crippen molar-refractivity contribution in [1.82, 2.24) is 0 Å². The highest BCUT2D eigenvalue weighted by molar-refractivity contribution is 5.43. The summed E-state index contributed by atoms with van der Waals surface area (Å²) in [6.07, 6.45) is 2.51. The highest BCUT2D eigenvalue weighted by atomic mass is 16.6. The van der Waals surface area contributed by atoms with Crippen molar-refractivity contribution in [2.75, 3.05) is 0 Å². The molecule has 0 amide bonds. The standard InChI is InChI=1S/C12H14N2O3/c1-11(2)7-12(3)5-9(14(15)16)8(6-13)4-10(12)17-11/h4H,5,7H2,1-3H3. The maximum Gasteiger partial charge on any atom is 0.264 e. The van der Waals surface area contributed by atoms with Gasteiger partial charge in [-0.2, -0.15) is 5.26 Å². The van der Waals surface area contributed by atoms with E-state index >= 15 is 0 Å². The number of nitriles is 1. The average Bonchev–Trinajstić information content (AvgIpc) is 2.43. The van der Waals surface area contributed by atoms with Crippen molar-refractivity contribution in [3.63, 3.8) is 0 Å². The van der Waals surface area contributed by atoms with Crippen LogP contribution in [0.1, 0.15) is 33.6 Å². The van der Waals surface area contributed by atoms with Crippen LogP contribution in [0.15, 0.2) is 23.1 Å². The molecule has 1 heterocycles. The van der Waals surface area contributed by atoms with Crippen LogP contribution in [0, 0.1) is 26.9 Å². The van der Waals surface area contributed by atoms with Crippen LogP contribution in [-0.2, 0) is 4.74 Å². The van der Waals surface area contributed by atoms with Gasteiger partial charge in [0.25, 0.3) is 5.70 Å². The lowest BCUT2D eigenvalue weighted by Crippen LogP contribution is -2.24. The Hall–Kier alpha value is -1.83. The molecule has 0 radical (unpaired) electrons. The van der Waals surface area contributed by atoms with Gasteiger partial charge in [-0.15, -0.1) is 0 Å². The van der Waals surface area contributed by atoms with Crippen LogP contribution in [0.4, 0.5) is 0 Å². The van der Waals surface area contributed by atoms with Gasteiger partial charge in [-0.3, -0.25) is 10.1 Å². The molecular weight excluding hydrogens is 220 g/mol. The summed E-state index contributed by atoms with van der Waals surface area (Å²) >= 11 is 0. The maximum absolute atomic E-state index is 10.9. The molecule has 0 spiro atoms. The number of nitro groups is 1. The minimum Gasteiger partial charge on any atom is -0.492 e. The van der Waals surface area contributed by atoms with Crippen LogP contribution in [0.2, 0.25) is 0 Å². The van der Waals surface area contributed by atoms with Gasteiger partial charge in [0.1, 0.15) is 23.0 Å². The molecule has 1 fully saturated rings. The van der Waals surface area contributed by atoms with E-state index < -0.39 is 4.92 Å². The van der Waals surface area contributed by atoms with Crippen molar-refractivity contribution in [3.05, 3.63) is 33.2 Å². The molecule has 0 aromatic rings. The SMILES string of the molecule is CC1(C)CC2(C)CC([N+](=O)[O-])=C(C#N)C=C2O1. The van der Waals surface area contributed by atoms with E-state index in [4.69, 9.17) is 10.00 Å². The second-order valence-electron chi connectivity index (χ2n) is 5.51. The molecule has 1 atom stereocenters. The van der Waals surface area contributed by atoms with Crippen molar-refractivity contribution in [2.24, 2.45) is 5.41 Å². The Morgan fingerprint density at radius 2 is 2.18 bits per heavy atom. The first-order valence-electron chi connectivity index (χ1n) is 5.46. The van der Waals surface area contributed by atoms with Crippen LogP contribution in [-0.4, -0.2) is 10.5 Å². The van der Waals surface area contributed by atoms with Gasteiger partial charge in [-0.25, -0.2) is 0 Å². The zero-order valence-electron chi connectivity index (χ0n) is 10.1. The first-order valence-corrected chi connectivity index (χ1v) is 5.46. The third-order valence-corrected chi connectivity index (χ3v) is 3.28. The Morgan fingerprint density at radius 3 is 2.71 bits per heavy atom. The summed E-state index contributed by atoms with van der Waals surface area (Å²) < 4.78 is 5.77. The van der Waals surface area contributed by atoms with Crippen molar-refractivity contribution in [1.29, 1.82) is 5.26 Å². The molecule has 1 unspecified atom stereocenters. The van der Waals surface area contributed by atoms with E-state index in [0.717, 1.165) is 6.42 Å². The lowest BCUT2D eigenvalue weighted by molar-refractivity contribution is -0.430. The quantitative estimate of drug-likeness (QED) is 0.516. The van der Waals surface area contributed by atoms with Crippen LogP contribution in [0.5, 0.6) is 0 Å². The fraction of sp³-hybridized carbons (Fsp3) is 0.583. The second-order valence-corrected chi connectivity index (χ2v) is 5.51. The number of hydrogen-bond acceptors (Lipinski definition) is 4. The summed E-state index contributed by atoms with van der Waals surface area (Å²) in [4.78, 5) is 10.5. The van der Waals surface area contributed by atoms with Crippen LogP contribution >= 0.6 is 0 Å². The number of rotatable bonds is 1. The average molecular weight is 234 g/mol. The Morgan fingerprint density at radius 1 is 1.53 bits per heavy atom. The third kappa shape index (κ3) is 1.80. The summed E-state index contributed by atoms with van der Waals surface area (Å²) in [5, 5.41) is 19.9. The molecule has 17 heavy (non-hydrogen) atoms. The van der Waals surface area contributed by atoms with Crippen molar-refractivity contribution in [3.8, 4) is 6.07 Å². The first-order chi connectivity index (χ1) is 7.77. The Balaban J connectivity index is 2.47. The Labute approximate surface area is 99.5 Å². The van der Waals surface area contributed by atoms with Gasteiger partial charge < -0.3 is 4.74 Å². The van der Waals surface area contributed by atoms with E-state index in [1.807, 2.05) is 26.8 Å². The molecule has 0 N–H and O–H groups in total. The number of allylic oxidation sites excluding steroid dienone is 4. The topological polar surface area (TPSA) is 76.2 Å². The van der Waals surface area contributed by atoms with Crippen LogP contribution in [0.3, 0.4) is 0 Å². The molecule has 2 aliphatic rings. The predicted octanol–water partition coefficient (Wildman–Crippen LogP) is 2.53. The largest absolute Gasteiger partial charge is 0.492 e. The summed E-state index contributed by atoms with van der Waals surface area (Å²) in [6.45, 7) is 5.86. The Kier molecular flexibility index (Phi) is 2.28. The van der Waals surface area contributed by atoms with Crippen molar-refractivity contribution >= 4 is 0 Å². The molecule has 1 saturated heterocycles. The summed E-state index contributed by atoms with van der Waals surface area (Å²) in [5.41, 5.74) is -0.570. The van der Waals surface area contributed by atoms with E-state index in [1.165, 1.54) is 6.08 Å². The highest BCUT2D eigenvalue weighted by Crippen LogP contribution is 2.53. The molecule has 0 aromatic carbocycles. The fourth-order valence-electron chi connectivity index (χ4n) is 2.78. The molecule has 1 aliphatic heterocycles. The van der Waals surface area contributed by atoms with Crippen LogP contribution < -0.4 is 0 Å². The lowest BCUT2D eigenvalue weighted by Gasteiger charge is -2.24. The summed E-state index contributed by atoms with van der Waals surface area (Å²) in [7, 11) is 0. The summed E-state index contributed by atoms with van der Waals surface area (Å²) in [5.74, 6) is 0.699. The van der Waals surface area contributed by atoms with Crippen LogP contribution in [0.25, 0.3) is 0 Å². The minimum atomic E-state index is -0.456. The molecular formula is C12H14N2O3. The molecule has 1 aliphatic carbocycles. The number of fused-ring (bicyclic) bond motifs is 1. The van der Waals surface area contributed by atoms with Gasteiger partial charge in [-0.05, 0) is 20.3 Å². The molecule has 2 rings (SSSR count). The number of hydrogen-bond donors (Lipinski definition) is 0. The van der Waals surface area contributed by atoms with Crippen molar-refractivity contribution < 1.29 is 9.66 Å². The normalized spacial score (nSPS) is 30.1. The molecule has 0 bridgehead atoms. The third-order valence-electron chi connectivity index (χ3n) is 3.28. The number of nitrogens with zero attached hydrogens (tertiary/aromatic N) is 2. The minimum absolute atomic E-state index is 0.0000463. The van der Waals surface area contributed by atoms with E-state index in [9.17, 15) is 10.1 Å². The molecule has 90 valence electrons. The van der Waals surface area contributed by atoms with Crippen molar-refractivity contribution in [2.45, 2.75) is 39.2 Å². The van der Waals surface area contributed by atoms with E-state index in [0.29, 0.717) is 5.76 Å². The van der Waals surface area contributed by atoms with Gasteiger partial charge >= 0.3 is 0 Å². The smallest absolute Gasteiger partial charge is 0.264 e. The van der Waals surface area contributed by atoms with Gasteiger partial charge in [0.2, 0.25) is 0 Å². The monoisotopic (exact) mass is 234 g/mol. The molecule has 5 heteroatoms. The maximum atomic E-state index is 10.9. The van der Waals surface area contributed by atoms with Gasteiger partial charge in [0.15, 0.2) is 0 Å². The van der Waals surface area contributed by atoms with E-state index in [2.05, 4.69) is 0 Å². The lowest BCUT2D eigenvalue weighted by atomic mass is 9.75. The van der Waals surface area contributed by atoms with Gasteiger partial charge in [0.05, 0.1) is 11.3 Å². The second kappa shape index (κ2) is 3.33. The zero-order valence-corrected chi connectivity index (χ0v) is 10.1. The predicted molar refractivity (Wildman–Crippen MR) is 60.2 cm³/mol. The van der Waals surface area contributed by atoms with E-state index in [1.54, 1.807) is 0 Å². The highest BCUT2D eigenvalue weighted by Gasteiger charge is 2.50. The molecule has 5 nitrogen and oxygen atoms in total. The zero-order chi connectivity index (χ0) is 12.8. The molecule has 0 saturated carbocycles. The number of ether oxygens (including phenoxy) is 1.